The zero-order valence-corrected chi connectivity index (χ0v) is 11.5. The number of amides is 1. The van der Waals surface area contributed by atoms with Crippen molar-refractivity contribution >= 4 is 5.91 Å². The molecule has 0 spiro atoms. The Morgan fingerprint density at radius 2 is 2.24 bits per heavy atom. The Hall–Kier alpha value is -2.44. The lowest BCUT2D eigenvalue weighted by atomic mass is 9.96. The Bertz CT molecular complexity index is 656. The molecule has 1 saturated heterocycles. The largest absolute Gasteiger partial charge is 0.434 e. The van der Waals surface area contributed by atoms with E-state index >= 15 is 0 Å². The SMILES string of the molecule is O=C(Cc1cccnc1)N1CCC(c2n[nH]c(=O)o2)CC1. The predicted octanol–water partition coefficient (Wildman–Crippen LogP) is 0.707. The van der Waals surface area contributed by atoms with Crippen LogP contribution in [0.4, 0.5) is 0 Å². The number of carbonyl (C=O) groups excluding carboxylic acids is 1. The van der Waals surface area contributed by atoms with Crippen LogP contribution in [0.3, 0.4) is 0 Å². The topological polar surface area (TPSA) is 92.1 Å². The average Bonchev–Trinajstić information content (AvgIpc) is 2.95. The van der Waals surface area contributed by atoms with Crippen molar-refractivity contribution in [1.82, 2.24) is 20.1 Å². The minimum absolute atomic E-state index is 0.102. The second-order valence-electron chi connectivity index (χ2n) is 5.14. The van der Waals surface area contributed by atoms with Gasteiger partial charge in [-0.25, -0.2) is 9.89 Å². The van der Waals surface area contributed by atoms with Gasteiger partial charge in [-0.3, -0.25) is 9.78 Å². The van der Waals surface area contributed by atoms with Gasteiger partial charge in [-0.1, -0.05) is 6.07 Å². The van der Waals surface area contributed by atoms with Crippen molar-refractivity contribution in [2.24, 2.45) is 0 Å². The van der Waals surface area contributed by atoms with Crippen molar-refractivity contribution in [3.05, 3.63) is 46.5 Å². The fraction of sp³-hybridized carbons (Fsp3) is 0.429. The number of piperidine rings is 1. The molecule has 0 aromatic carbocycles. The summed E-state index contributed by atoms with van der Waals surface area (Å²) < 4.78 is 4.98. The number of likely N-dealkylation sites (tertiary alicyclic amines) is 1. The Labute approximate surface area is 121 Å². The van der Waals surface area contributed by atoms with Gasteiger partial charge in [0.1, 0.15) is 0 Å². The molecule has 3 heterocycles. The molecule has 0 bridgehead atoms. The third-order valence-electron chi connectivity index (χ3n) is 3.73. The summed E-state index contributed by atoms with van der Waals surface area (Å²) in [5.74, 6) is 0.121. The van der Waals surface area contributed by atoms with Gasteiger partial charge < -0.3 is 9.32 Å². The molecule has 2 aromatic heterocycles. The Kier molecular flexibility index (Phi) is 3.81. The van der Waals surface area contributed by atoms with E-state index in [0.29, 0.717) is 25.4 Å². The molecular formula is C14H16N4O3. The molecule has 1 aliphatic heterocycles. The highest BCUT2D eigenvalue weighted by molar-refractivity contribution is 5.78. The van der Waals surface area contributed by atoms with Gasteiger partial charge in [0.2, 0.25) is 11.8 Å². The highest BCUT2D eigenvalue weighted by Gasteiger charge is 2.26. The molecule has 1 fully saturated rings. The van der Waals surface area contributed by atoms with Gasteiger partial charge in [0.15, 0.2) is 0 Å². The number of nitrogens with zero attached hydrogens (tertiary/aromatic N) is 3. The quantitative estimate of drug-likeness (QED) is 0.897. The molecule has 21 heavy (non-hydrogen) atoms. The molecule has 0 atom stereocenters. The first kappa shape index (κ1) is 13.5. The average molecular weight is 288 g/mol. The van der Waals surface area contributed by atoms with Crippen LogP contribution in [-0.2, 0) is 11.2 Å². The monoisotopic (exact) mass is 288 g/mol. The maximum atomic E-state index is 12.2. The smallest absolute Gasteiger partial charge is 0.392 e. The highest BCUT2D eigenvalue weighted by Crippen LogP contribution is 2.25. The van der Waals surface area contributed by atoms with E-state index in [1.165, 1.54) is 0 Å². The van der Waals surface area contributed by atoms with Crippen LogP contribution >= 0.6 is 0 Å². The van der Waals surface area contributed by atoms with Crippen LogP contribution in [0, 0.1) is 0 Å². The zero-order valence-electron chi connectivity index (χ0n) is 11.5. The van der Waals surface area contributed by atoms with Crippen LogP contribution in [-0.4, -0.2) is 39.1 Å². The summed E-state index contributed by atoms with van der Waals surface area (Å²) in [5, 5.41) is 6.13. The molecule has 7 nitrogen and oxygen atoms in total. The molecule has 3 rings (SSSR count). The van der Waals surface area contributed by atoms with Crippen LogP contribution in [0.25, 0.3) is 0 Å². The number of aromatic nitrogens is 3. The summed E-state index contributed by atoms with van der Waals surface area (Å²) in [4.78, 5) is 29.0. The Morgan fingerprint density at radius 3 is 2.86 bits per heavy atom. The zero-order chi connectivity index (χ0) is 14.7. The minimum atomic E-state index is -0.528. The fourth-order valence-corrected chi connectivity index (χ4v) is 2.58. The van der Waals surface area contributed by atoms with E-state index in [9.17, 15) is 9.59 Å². The van der Waals surface area contributed by atoms with Gasteiger partial charge >= 0.3 is 5.76 Å². The van der Waals surface area contributed by atoms with Crippen LogP contribution < -0.4 is 5.76 Å². The number of H-pyrrole nitrogens is 1. The van der Waals surface area contributed by atoms with Crippen molar-refractivity contribution < 1.29 is 9.21 Å². The first-order valence-corrected chi connectivity index (χ1v) is 6.94. The summed E-state index contributed by atoms with van der Waals surface area (Å²) in [6.07, 6.45) is 5.29. The fourth-order valence-electron chi connectivity index (χ4n) is 2.58. The maximum absolute atomic E-state index is 12.2. The number of carbonyl (C=O) groups is 1. The van der Waals surface area contributed by atoms with Crippen LogP contribution in [0.5, 0.6) is 0 Å². The van der Waals surface area contributed by atoms with Crippen molar-refractivity contribution in [3.8, 4) is 0 Å². The summed E-state index contributed by atoms with van der Waals surface area (Å²) in [6, 6.07) is 3.73. The van der Waals surface area contributed by atoms with Gasteiger partial charge in [0.25, 0.3) is 0 Å². The van der Waals surface area contributed by atoms with Gasteiger partial charge in [-0.15, -0.1) is 5.10 Å². The molecule has 0 radical (unpaired) electrons. The van der Waals surface area contributed by atoms with Gasteiger partial charge in [-0.2, -0.15) is 0 Å². The molecule has 0 aliphatic carbocycles. The van der Waals surface area contributed by atoms with Crippen molar-refractivity contribution in [2.45, 2.75) is 25.2 Å². The van der Waals surface area contributed by atoms with Crippen molar-refractivity contribution in [1.29, 1.82) is 0 Å². The second-order valence-corrected chi connectivity index (χ2v) is 5.14. The lowest BCUT2D eigenvalue weighted by Gasteiger charge is -2.30. The molecule has 1 N–H and O–H groups in total. The van der Waals surface area contributed by atoms with E-state index in [1.807, 2.05) is 17.0 Å². The third kappa shape index (κ3) is 3.18. The van der Waals surface area contributed by atoms with Crippen molar-refractivity contribution in [2.75, 3.05) is 13.1 Å². The van der Waals surface area contributed by atoms with Crippen molar-refractivity contribution in [3.63, 3.8) is 0 Å². The summed E-state index contributed by atoms with van der Waals surface area (Å²) >= 11 is 0. The van der Waals surface area contributed by atoms with Gasteiger partial charge in [-0.05, 0) is 24.5 Å². The normalized spacial score (nSPS) is 16.1. The summed E-state index contributed by atoms with van der Waals surface area (Å²) in [7, 11) is 0. The highest BCUT2D eigenvalue weighted by atomic mass is 16.4. The molecule has 2 aromatic rings. The van der Waals surface area contributed by atoms with E-state index in [0.717, 1.165) is 18.4 Å². The molecule has 1 amide bonds. The number of hydrogen-bond acceptors (Lipinski definition) is 5. The van der Waals surface area contributed by atoms with Gasteiger partial charge in [0.05, 0.1) is 6.42 Å². The van der Waals surface area contributed by atoms with Crippen LogP contribution in [0.2, 0.25) is 0 Å². The number of pyridine rings is 1. The Balaban J connectivity index is 1.56. The van der Waals surface area contributed by atoms with E-state index in [1.54, 1.807) is 12.4 Å². The molecule has 0 unspecified atom stereocenters. The second kappa shape index (κ2) is 5.90. The van der Waals surface area contributed by atoms with E-state index in [4.69, 9.17) is 4.42 Å². The van der Waals surface area contributed by atoms with E-state index in [2.05, 4.69) is 15.2 Å². The first-order chi connectivity index (χ1) is 10.2. The minimum Gasteiger partial charge on any atom is -0.392 e. The van der Waals surface area contributed by atoms with Gasteiger partial charge in [0, 0.05) is 31.4 Å². The number of aromatic amines is 1. The van der Waals surface area contributed by atoms with E-state index in [-0.39, 0.29) is 11.8 Å². The lowest BCUT2D eigenvalue weighted by Crippen LogP contribution is -2.38. The Morgan fingerprint density at radius 1 is 1.43 bits per heavy atom. The molecule has 0 saturated carbocycles. The van der Waals surface area contributed by atoms with Crippen LogP contribution in [0.15, 0.2) is 33.7 Å². The standard InChI is InChI=1S/C14H16N4O3/c19-12(8-10-2-1-5-15-9-10)18-6-3-11(4-7-18)13-16-17-14(20)21-13/h1-2,5,9,11H,3-4,6-8H2,(H,17,20). The number of hydrogen-bond donors (Lipinski definition) is 1. The molecule has 7 heteroatoms. The number of rotatable bonds is 3. The number of nitrogens with one attached hydrogen (secondary N) is 1. The molecule has 1 aliphatic rings. The summed E-state index contributed by atoms with van der Waals surface area (Å²) in [5.41, 5.74) is 0.919. The van der Waals surface area contributed by atoms with E-state index < -0.39 is 5.76 Å². The van der Waals surface area contributed by atoms with Crippen LogP contribution in [0.1, 0.15) is 30.2 Å². The maximum Gasteiger partial charge on any atom is 0.434 e. The summed E-state index contributed by atoms with van der Waals surface area (Å²) in [6.45, 7) is 1.31. The predicted molar refractivity (Wildman–Crippen MR) is 73.6 cm³/mol. The molecular weight excluding hydrogens is 272 g/mol. The molecule has 110 valence electrons. The lowest BCUT2D eigenvalue weighted by molar-refractivity contribution is -0.131. The third-order valence-corrected chi connectivity index (χ3v) is 3.73. The first-order valence-electron chi connectivity index (χ1n) is 6.94.